The Bertz CT molecular complexity index is 179. The molecule has 1 unspecified atom stereocenters. The first-order chi connectivity index (χ1) is 6.40. The third kappa shape index (κ3) is 1.89. The first-order valence-corrected chi connectivity index (χ1v) is 5.78. The number of hydrogen-bond acceptors (Lipinski definition) is 2. The van der Waals surface area contributed by atoms with E-state index in [9.17, 15) is 0 Å². The van der Waals surface area contributed by atoms with Crippen molar-refractivity contribution in [1.82, 2.24) is 5.32 Å². The highest BCUT2D eigenvalue weighted by atomic mass is 16.5. The molecule has 1 aliphatic carbocycles. The van der Waals surface area contributed by atoms with Crippen LogP contribution in [0.1, 0.15) is 38.5 Å². The number of piperidine rings is 1. The average molecular weight is 181 g/mol. The van der Waals surface area contributed by atoms with Crippen LogP contribution < -0.4 is 5.32 Å². The van der Waals surface area contributed by atoms with Crippen molar-refractivity contribution in [3.63, 3.8) is 0 Å². The minimum Gasteiger partial charge on any atom is -0.378 e. The van der Waals surface area contributed by atoms with E-state index in [4.69, 9.17) is 4.74 Å². The third-order valence-corrected chi connectivity index (χ3v) is 3.69. The zero-order chi connectivity index (χ0) is 8.67. The van der Waals surface area contributed by atoms with Crippen LogP contribution in [0.15, 0.2) is 0 Å². The molecule has 3 rings (SSSR count). The summed E-state index contributed by atoms with van der Waals surface area (Å²) in [4.78, 5) is 0. The molecule has 3 aliphatic rings. The van der Waals surface area contributed by atoms with Crippen molar-refractivity contribution < 1.29 is 4.74 Å². The van der Waals surface area contributed by atoms with Crippen molar-refractivity contribution >= 4 is 0 Å². The molecule has 0 radical (unpaired) electrons. The second-order valence-electron chi connectivity index (χ2n) is 5.01. The van der Waals surface area contributed by atoms with E-state index in [2.05, 4.69) is 5.32 Å². The van der Waals surface area contributed by atoms with E-state index in [1.807, 2.05) is 0 Å². The predicted octanol–water partition coefficient (Wildman–Crippen LogP) is 1.70. The van der Waals surface area contributed by atoms with Gasteiger partial charge in [-0.25, -0.2) is 0 Å². The smallest absolute Gasteiger partial charge is 0.0604 e. The maximum Gasteiger partial charge on any atom is 0.0604 e. The molecule has 2 bridgehead atoms. The summed E-state index contributed by atoms with van der Waals surface area (Å²) >= 11 is 0. The van der Waals surface area contributed by atoms with Crippen molar-refractivity contribution in [3.05, 3.63) is 0 Å². The highest BCUT2D eigenvalue weighted by molar-refractivity contribution is 4.92. The van der Waals surface area contributed by atoms with E-state index >= 15 is 0 Å². The van der Waals surface area contributed by atoms with Crippen LogP contribution in [0.25, 0.3) is 0 Å². The second kappa shape index (κ2) is 3.25. The molecule has 2 heterocycles. The van der Waals surface area contributed by atoms with Crippen LogP contribution >= 0.6 is 0 Å². The van der Waals surface area contributed by atoms with E-state index in [1.54, 1.807) is 0 Å². The molecule has 2 aliphatic heterocycles. The van der Waals surface area contributed by atoms with Gasteiger partial charge >= 0.3 is 0 Å². The maximum absolute atomic E-state index is 5.95. The minimum atomic E-state index is 0.583. The van der Waals surface area contributed by atoms with E-state index in [-0.39, 0.29) is 0 Å². The average Bonchev–Trinajstić information content (AvgIpc) is 2.90. The monoisotopic (exact) mass is 181 g/mol. The third-order valence-electron chi connectivity index (χ3n) is 3.69. The molecule has 2 heteroatoms. The van der Waals surface area contributed by atoms with Crippen LogP contribution in [0.4, 0.5) is 0 Å². The molecule has 2 nitrogen and oxygen atoms in total. The van der Waals surface area contributed by atoms with Crippen LogP contribution in [0.2, 0.25) is 0 Å². The lowest BCUT2D eigenvalue weighted by Crippen LogP contribution is -2.41. The highest BCUT2D eigenvalue weighted by Gasteiger charge is 2.34. The van der Waals surface area contributed by atoms with Crippen LogP contribution in [0.5, 0.6) is 0 Å². The number of fused-ring (bicyclic) bond motifs is 2. The van der Waals surface area contributed by atoms with Gasteiger partial charge in [-0.3, -0.25) is 0 Å². The van der Waals surface area contributed by atoms with E-state index in [1.165, 1.54) is 38.5 Å². The van der Waals surface area contributed by atoms with Gasteiger partial charge in [-0.1, -0.05) is 0 Å². The molecule has 74 valence electrons. The van der Waals surface area contributed by atoms with Gasteiger partial charge in [0.05, 0.1) is 6.10 Å². The largest absolute Gasteiger partial charge is 0.378 e. The van der Waals surface area contributed by atoms with Crippen molar-refractivity contribution in [2.75, 3.05) is 6.61 Å². The summed E-state index contributed by atoms with van der Waals surface area (Å²) in [5.74, 6) is 0.924. The Balaban J connectivity index is 1.48. The number of hydrogen-bond donors (Lipinski definition) is 1. The lowest BCUT2D eigenvalue weighted by molar-refractivity contribution is 0.0145. The van der Waals surface area contributed by atoms with Crippen LogP contribution in [-0.2, 0) is 4.74 Å². The molecule has 1 saturated carbocycles. The summed E-state index contributed by atoms with van der Waals surface area (Å²) in [6.07, 6.45) is 8.71. The SMILES string of the molecule is C1CC1COC1C[C@H]2CC[C@@H](C1)N2. The van der Waals surface area contributed by atoms with Crippen LogP contribution in [0, 0.1) is 5.92 Å². The fraction of sp³-hybridized carbons (Fsp3) is 1.00. The first-order valence-electron chi connectivity index (χ1n) is 5.78. The molecule has 0 aromatic carbocycles. The molecule has 2 saturated heterocycles. The van der Waals surface area contributed by atoms with Crippen LogP contribution in [-0.4, -0.2) is 24.8 Å². The Kier molecular flexibility index (Phi) is 2.06. The Morgan fingerprint density at radius 2 is 1.69 bits per heavy atom. The molecular formula is C11H19NO. The molecule has 0 spiro atoms. The summed E-state index contributed by atoms with van der Waals surface area (Å²) in [7, 11) is 0. The summed E-state index contributed by atoms with van der Waals surface area (Å²) in [5, 5.41) is 3.64. The predicted molar refractivity (Wildman–Crippen MR) is 51.6 cm³/mol. The Morgan fingerprint density at radius 3 is 2.31 bits per heavy atom. The normalized spacial score (nSPS) is 43.8. The summed E-state index contributed by atoms with van der Waals surface area (Å²) in [5.41, 5.74) is 0. The Labute approximate surface area is 80.0 Å². The molecule has 0 aromatic heterocycles. The summed E-state index contributed by atoms with van der Waals surface area (Å²) in [6.45, 7) is 1.05. The molecule has 13 heavy (non-hydrogen) atoms. The zero-order valence-corrected chi connectivity index (χ0v) is 8.17. The standard InChI is InChI=1S/C11H19NO/c1-2-8(1)7-13-11-5-9-3-4-10(6-11)12-9/h8-12H,1-7H2/t9-,10+,11?. The van der Waals surface area contributed by atoms with Gasteiger partial charge in [0.25, 0.3) is 0 Å². The van der Waals surface area contributed by atoms with Crippen molar-refractivity contribution in [1.29, 1.82) is 0 Å². The van der Waals surface area contributed by atoms with Crippen LogP contribution in [0.3, 0.4) is 0 Å². The van der Waals surface area contributed by atoms with Crippen molar-refractivity contribution in [3.8, 4) is 0 Å². The van der Waals surface area contributed by atoms with Gasteiger partial charge in [-0.15, -0.1) is 0 Å². The summed E-state index contributed by atoms with van der Waals surface area (Å²) < 4.78 is 5.95. The quantitative estimate of drug-likeness (QED) is 0.715. The molecule has 1 N–H and O–H groups in total. The molecule has 3 atom stereocenters. The second-order valence-corrected chi connectivity index (χ2v) is 5.01. The summed E-state index contributed by atoms with van der Waals surface area (Å²) in [6, 6.07) is 1.56. The molecular weight excluding hydrogens is 162 g/mol. The fourth-order valence-electron chi connectivity index (χ4n) is 2.70. The number of rotatable bonds is 3. The first kappa shape index (κ1) is 8.25. The van der Waals surface area contributed by atoms with Gasteiger partial charge in [0.15, 0.2) is 0 Å². The molecule has 3 fully saturated rings. The van der Waals surface area contributed by atoms with E-state index in [0.29, 0.717) is 6.10 Å². The lowest BCUT2D eigenvalue weighted by atomic mass is 10.0. The number of nitrogens with one attached hydrogen (secondary N) is 1. The van der Waals surface area contributed by atoms with Gasteiger partial charge in [-0.05, 0) is 44.4 Å². The number of ether oxygens (including phenoxy) is 1. The van der Waals surface area contributed by atoms with Crippen molar-refractivity contribution in [2.24, 2.45) is 5.92 Å². The van der Waals surface area contributed by atoms with E-state index < -0.39 is 0 Å². The highest BCUT2D eigenvalue weighted by Crippen LogP contribution is 2.32. The van der Waals surface area contributed by atoms with Gasteiger partial charge in [0, 0.05) is 18.7 Å². The van der Waals surface area contributed by atoms with Gasteiger partial charge < -0.3 is 10.1 Å². The lowest BCUT2D eigenvalue weighted by Gasteiger charge is -2.29. The molecule has 0 aromatic rings. The topological polar surface area (TPSA) is 21.3 Å². The molecule has 0 amide bonds. The zero-order valence-electron chi connectivity index (χ0n) is 8.17. The van der Waals surface area contributed by atoms with Gasteiger partial charge in [-0.2, -0.15) is 0 Å². The van der Waals surface area contributed by atoms with Crippen molar-refractivity contribution in [2.45, 2.75) is 56.7 Å². The Hall–Kier alpha value is -0.0800. The Morgan fingerprint density at radius 1 is 1.00 bits per heavy atom. The van der Waals surface area contributed by atoms with Gasteiger partial charge in [0.1, 0.15) is 0 Å². The van der Waals surface area contributed by atoms with Gasteiger partial charge in [0.2, 0.25) is 0 Å². The minimum absolute atomic E-state index is 0.583. The fourth-order valence-corrected chi connectivity index (χ4v) is 2.70. The van der Waals surface area contributed by atoms with E-state index in [0.717, 1.165) is 24.6 Å². The maximum atomic E-state index is 5.95.